The highest BCUT2D eigenvalue weighted by Crippen LogP contribution is 2.23. The molecule has 144 valence electrons. The average molecular weight is 446 g/mol. The molecule has 0 N–H and O–H groups in total. The Morgan fingerprint density at radius 1 is 1.23 bits per heavy atom. The van der Waals surface area contributed by atoms with Crippen molar-refractivity contribution in [2.75, 3.05) is 5.75 Å². The third kappa shape index (κ3) is 9.13. The van der Waals surface area contributed by atoms with Gasteiger partial charge in [-0.3, -0.25) is 10.1 Å². The molecule has 0 amide bonds. The van der Waals surface area contributed by atoms with Gasteiger partial charge in [0.25, 0.3) is 0 Å². The number of rotatable bonds is 3. The molecule has 0 radical (unpaired) electrons. The maximum Gasteiger partial charge on any atom is 0.467 e. The first-order valence-corrected chi connectivity index (χ1v) is 8.53. The summed E-state index contributed by atoms with van der Waals surface area (Å²) in [6.07, 6.45) is 2.33. The third-order valence-corrected chi connectivity index (χ3v) is 3.77. The molecule has 0 fully saturated rings. The van der Waals surface area contributed by atoms with Crippen LogP contribution >= 0.6 is 47.4 Å². The van der Waals surface area contributed by atoms with E-state index in [1.54, 1.807) is 0 Å². The molecule has 0 spiro atoms. The number of aromatic nitrogens is 4. The van der Waals surface area contributed by atoms with E-state index in [1.807, 2.05) is 0 Å². The first kappa shape index (κ1) is 24.3. The Bertz CT molecular complexity index is 727. The van der Waals surface area contributed by atoms with E-state index in [0.717, 1.165) is 22.5 Å². The summed E-state index contributed by atoms with van der Waals surface area (Å²) in [4.78, 5) is 25.8. The number of hydrogen-bond donors (Lipinski definition) is 1. The summed E-state index contributed by atoms with van der Waals surface area (Å²) in [7, 11) is 1.38. The topological polar surface area (TPSA) is 130 Å². The van der Waals surface area contributed by atoms with Crippen LogP contribution < -0.4 is 0 Å². The lowest BCUT2D eigenvalue weighted by Gasteiger charge is -1.90. The van der Waals surface area contributed by atoms with Crippen molar-refractivity contribution in [1.29, 1.82) is 0 Å². The van der Waals surface area contributed by atoms with Crippen LogP contribution in [0.15, 0.2) is 12.4 Å². The standard InChI is InChI=1S/C4HCl3N2.C4H4N4O4.C4H10S/c5-2-1-8-4(7)9-3(2)6;1-6-2-3(7(9)10)4(5-6)8(11)12;1-4(2)3-5/h1H;2H,1H3;4-5H,3H2,1-2H3. The molecule has 0 aliphatic carbocycles. The van der Waals surface area contributed by atoms with E-state index in [2.05, 4.69) is 41.5 Å². The van der Waals surface area contributed by atoms with Crippen molar-refractivity contribution in [3.05, 3.63) is 48.1 Å². The predicted molar refractivity (Wildman–Crippen MR) is 102 cm³/mol. The van der Waals surface area contributed by atoms with Gasteiger partial charge in [0.15, 0.2) is 5.15 Å². The smallest absolute Gasteiger partial charge is 0.358 e. The highest BCUT2D eigenvalue weighted by atomic mass is 35.5. The molecule has 2 heterocycles. The molecule has 0 unspecified atom stereocenters. The van der Waals surface area contributed by atoms with Gasteiger partial charge in [-0.2, -0.15) is 17.3 Å². The molecule has 0 atom stereocenters. The molecular formula is C12H15Cl3N6O4S. The zero-order chi connectivity index (χ0) is 20.4. The molecule has 2 aromatic heterocycles. The van der Waals surface area contributed by atoms with Crippen LogP contribution in [0.2, 0.25) is 15.5 Å². The van der Waals surface area contributed by atoms with E-state index in [9.17, 15) is 20.2 Å². The molecule has 0 aliphatic heterocycles. The van der Waals surface area contributed by atoms with Crippen LogP contribution in [0.3, 0.4) is 0 Å². The first-order valence-electron chi connectivity index (χ1n) is 6.76. The zero-order valence-electron chi connectivity index (χ0n) is 13.8. The fourth-order valence-corrected chi connectivity index (χ4v) is 1.45. The van der Waals surface area contributed by atoms with Crippen LogP contribution in [0, 0.1) is 26.1 Å². The van der Waals surface area contributed by atoms with Gasteiger partial charge in [0.2, 0.25) is 5.28 Å². The van der Waals surface area contributed by atoms with Crippen molar-refractivity contribution in [3.8, 4) is 0 Å². The highest BCUT2D eigenvalue weighted by molar-refractivity contribution is 7.80. The lowest BCUT2D eigenvalue weighted by atomic mass is 10.3. The van der Waals surface area contributed by atoms with Crippen molar-refractivity contribution in [2.45, 2.75) is 13.8 Å². The molecular weight excluding hydrogens is 431 g/mol. The van der Waals surface area contributed by atoms with Gasteiger partial charge in [0.1, 0.15) is 6.20 Å². The zero-order valence-corrected chi connectivity index (χ0v) is 17.0. The fourth-order valence-electron chi connectivity index (χ4n) is 1.05. The van der Waals surface area contributed by atoms with Crippen molar-refractivity contribution >= 4 is 58.9 Å². The van der Waals surface area contributed by atoms with Gasteiger partial charge in [0.05, 0.1) is 28.3 Å². The second kappa shape index (κ2) is 11.8. The number of aryl methyl sites for hydroxylation is 1. The van der Waals surface area contributed by atoms with Crippen LogP contribution in [0.4, 0.5) is 11.5 Å². The lowest BCUT2D eigenvalue weighted by Crippen LogP contribution is -1.94. The fraction of sp³-hybridized carbons (Fsp3) is 0.417. The minimum atomic E-state index is -0.891. The molecule has 0 aliphatic rings. The van der Waals surface area contributed by atoms with E-state index in [-0.39, 0.29) is 10.4 Å². The van der Waals surface area contributed by atoms with E-state index >= 15 is 0 Å². The van der Waals surface area contributed by atoms with Crippen molar-refractivity contribution < 1.29 is 9.85 Å². The molecule has 0 bridgehead atoms. The Balaban J connectivity index is 0.000000394. The molecule has 2 aromatic rings. The summed E-state index contributed by atoms with van der Waals surface area (Å²) in [5.74, 6) is 1.01. The van der Waals surface area contributed by atoms with Gasteiger partial charge in [-0.1, -0.05) is 37.0 Å². The Morgan fingerprint density at radius 3 is 2.08 bits per heavy atom. The molecule has 26 heavy (non-hydrogen) atoms. The average Bonchev–Trinajstić information content (AvgIpc) is 2.95. The van der Waals surface area contributed by atoms with Crippen LogP contribution in [0.25, 0.3) is 0 Å². The second-order valence-corrected chi connectivity index (χ2v) is 6.35. The van der Waals surface area contributed by atoms with Crippen molar-refractivity contribution in [1.82, 2.24) is 19.7 Å². The molecule has 0 saturated carbocycles. The van der Waals surface area contributed by atoms with E-state index in [0.29, 0.717) is 5.02 Å². The van der Waals surface area contributed by atoms with Gasteiger partial charge in [-0.25, -0.2) is 9.97 Å². The maximum absolute atomic E-state index is 10.2. The third-order valence-electron chi connectivity index (χ3n) is 2.20. The van der Waals surface area contributed by atoms with Crippen molar-refractivity contribution in [3.63, 3.8) is 0 Å². The SMILES string of the molecule is CC(C)CS.Clc1ncc(Cl)c(Cl)n1.Cn1cc([N+](=O)[O-])c([N+](=O)[O-])n1. The molecule has 2 rings (SSSR count). The number of nitrogens with zero attached hydrogens (tertiary/aromatic N) is 6. The van der Waals surface area contributed by atoms with Crippen LogP contribution in [-0.2, 0) is 7.05 Å². The van der Waals surface area contributed by atoms with Crippen molar-refractivity contribution in [2.24, 2.45) is 13.0 Å². The van der Waals surface area contributed by atoms with Gasteiger partial charge in [-0.15, -0.1) is 0 Å². The number of thiol groups is 1. The van der Waals surface area contributed by atoms with E-state index < -0.39 is 21.4 Å². The Labute approximate surface area is 169 Å². The van der Waals surface area contributed by atoms with Gasteiger partial charge in [-0.05, 0) is 28.2 Å². The van der Waals surface area contributed by atoms with Crippen LogP contribution in [0.5, 0.6) is 0 Å². The summed E-state index contributed by atoms with van der Waals surface area (Å²) >= 11 is 20.3. The number of halogens is 3. The van der Waals surface area contributed by atoms with Crippen LogP contribution in [-0.4, -0.2) is 35.3 Å². The molecule has 0 saturated heterocycles. The Hall–Kier alpha value is -1.69. The maximum atomic E-state index is 10.2. The predicted octanol–water partition coefficient (Wildman–Crippen LogP) is 4.25. The number of nitro groups is 2. The number of hydrogen-bond acceptors (Lipinski definition) is 8. The van der Waals surface area contributed by atoms with Crippen LogP contribution in [0.1, 0.15) is 13.8 Å². The molecule has 10 nitrogen and oxygen atoms in total. The minimum Gasteiger partial charge on any atom is -0.358 e. The lowest BCUT2D eigenvalue weighted by molar-refractivity contribution is -0.424. The summed E-state index contributed by atoms with van der Waals surface area (Å²) in [6, 6.07) is 0. The highest BCUT2D eigenvalue weighted by Gasteiger charge is 2.29. The van der Waals surface area contributed by atoms with Gasteiger partial charge in [0, 0.05) is 0 Å². The summed E-state index contributed by atoms with van der Waals surface area (Å²) < 4.78 is 1.02. The minimum absolute atomic E-state index is 0.101. The first-order chi connectivity index (χ1) is 12.0. The normalized spacial score (nSPS) is 9.69. The molecule has 0 aromatic carbocycles. The summed E-state index contributed by atoms with van der Waals surface area (Å²) in [5.41, 5.74) is -0.595. The monoisotopic (exact) mass is 444 g/mol. The van der Waals surface area contributed by atoms with Gasteiger partial charge >= 0.3 is 11.5 Å². The van der Waals surface area contributed by atoms with E-state index in [4.69, 9.17) is 34.8 Å². The Morgan fingerprint density at radius 2 is 1.77 bits per heavy atom. The summed E-state index contributed by atoms with van der Waals surface area (Å²) in [6.45, 7) is 4.29. The van der Waals surface area contributed by atoms with E-state index in [1.165, 1.54) is 13.2 Å². The quantitative estimate of drug-likeness (QED) is 0.246. The Kier molecular flexibility index (Phi) is 11.1. The van der Waals surface area contributed by atoms with Gasteiger partial charge < -0.3 is 10.1 Å². The summed E-state index contributed by atoms with van der Waals surface area (Å²) in [5, 5.41) is 24.2. The molecule has 14 heteroatoms. The second-order valence-electron chi connectivity index (χ2n) is 4.88. The largest absolute Gasteiger partial charge is 0.467 e.